The Morgan fingerprint density at radius 3 is 2.38 bits per heavy atom. The highest BCUT2D eigenvalue weighted by Crippen LogP contribution is 2.24. The van der Waals surface area contributed by atoms with Crippen LogP contribution in [0.3, 0.4) is 0 Å². The molecule has 0 saturated heterocycles. The average molecular weight is 312 g/mol. The van der Waals surface area contributed by atoms with Gasteiger partial charge in [-0.1, -0.05) is 0 Å². The molecule has 0 saturated carbocycles. The van der Waals surface area contributed by atoms with E-state index in [2.05, 4.69) is 0 Å². The number of halogens is 1. The second-order valence-corrected chi connectivity index (χ2v) is 6.44. The molecular weight excluding hydrogens is 295 g/mol. The van der Waals surface area contributed by atoms with E-state index >= 15 is 0 Å². The van der Waals surface area contributed by atoms with E-state index < -0.39 is 15.8 Å². The van der Waals surface area contributed by atoms with Gasteiger partial charge in [0.1, 0.15) is 10.7 Å². The van der Waals surface area contributed by atoms with Gasteiger partial charge in [0.05, 0.1) is 12.3 Å². The zero-order valence-corrected chi connectivity index (χ0v) is 12.6. The Hall–Kier alpha value is -1.86. The highest BCUT2D eigenvalue weighted by atomic mass is 32.2. The van der Waals surface area contributed by atoms with Gasteiger partial charge in [0, 0.05) is 25.5 Å². The Balaban J connectivity index is 2.46. The first-order valence-corrected chi connectivity index (χ1v) is 7.88. The van der Waals surface area contributed by atoms with Crippen LogP contribution >= 0.6 is 0 Å². The molecule has 2 rings (SSSR count). The van der Waals surface area contributed by atoms with Crippen LogP contribution in [0.15, 0.2) is 41.4 Å². The molecule has 1 N–H and O–H groups in total. The third-order valence-corrected chi connectivity index (χ3v) is 5.10. The van der Waals surface area contributed by atoms with Gasteiger partial charge in [0.15, 0.2) is 0 Å². The summed E-state index contributed by atoms with van der Waals surface area (Å²) in [6, 6.07) is 6.72. The molecule has 0 fully saturated rings. The van der Waals surface area contributed by atoms with Crippen molar-refractivity contribution in [2.45, 2.75) is 18.4 Å². The fourth-order valence-electron chi connectivity index (χ4n) is 2.10. The lowest BCUT2D eigenvalue weighted by Gasteiger charge is -2.22. The van der Waals surface area contributed by atoms with Gasteiger partial charge in [-0.15, -0.1) is 0 Å². The molecule has 0 unspecified atom stereocenters. The van der Waals surface area contributed by atoms with Gasteiger partial charge >= 0.3 is 0 Å². The van der Waals surface area contributed by atoms with Crippen LogP contribution < -0.4 is 4.31 Å². The number of hydrogen-bond donors (Lipinski definition) is 1. The van der Waals surface area contributed by atoms with E-state index in [9.17, 15) is 12.8 Å². The van der Waals surface area contributed by atoms with Crippen molar-refractivity contribution in [2.24, 2.45) is 7.05 Å². The van der Waals surface area contributed by atoms with Gasteiger partial charge in [-0.05, 0) is 37.3 Å². The van der Waals surface area contributed by atoms with Crippen LogP contribution in [0.2, 0.25) is 0 Å². The fourth-order valence-corrected chi connectivity index (χ4v) is 3.67. The molecule has 21 heavy (non-hydrogen) atoms. The number of benzene rings is 1. The first-order valence-electron chi connectivity index (χ1n) is 6.44. The monoisotopic (exact) mass is 312 g/mol. The molecule has 1 heterocycles. The summed E-state index contributed by atoms with van der Waals surface area (Å²) in [6.07, 6.45) is 1.45. The minimum absolute atomic E-state index is 0.0974. The molecule has 7 heteroatoms. The summed E-state index contributed by atoms with van der Waals surface area (Å²) in [5.41, 5.74) is 0.900. The van der Waals surface area contributed by atoms with E-state index in [1.54, 1.807) is 18.5 Å². The lowest BCUT2D eigenvalue weighted by molar-refractivity contribution is 0.272. The molecule has 0 bridgehead atoms. The lowest BCUT2D eigenvalue weighted by atomic mass is 10.3. The highest BCUT2D eigenvalue weighted by molar-refractivity contribution is 7.92. The number of nitrogens with zero attached hydrogens (tertiary/aromatic N) is 2. The second kappa shape index (κ2) is 5.87. The van der Waals surface area contributed by atoms with Gasteiger partial charge in [-0.25, -0.2) is 12.8 Å². The molecule has 0 spiro atoms. The van der Waals surface area contributed by atoms with Gasteiger partial charge < -0.3 is 9.67 Å². The number of sulfonamides is 1. The largest absolute Gasteiger partial charge is 0.390 e. The third kappa shape index (κ3) is 2.93. The number of rotatable bonds is 5. The van der Waals surface area contributed by atoms with Crippen LogP contribution in [0.5, 0.6) is 0 Å². The van der Waals surface area contributed by atoms with Crippen LogP contribution in [0.25, 0.3) is 0 Å². The molecule has 0 aliphatic heterocycles. The van der Waals surface area contributed by atoms with Gasteiger partial charge in [-0.3, -0.25) is 4.31 Å². The quantitative estimate of drug-likeness (QED) is 0.917. The topological polar surface area (TPSA) is 62.5 Å². The van der Waals surface area contributed by atoms with Crippen molar-refractivity contribution in [1.29, 1.82) is 0 Å². The second-order valence-electron chi connectivity index (χ2n) is 4.58. The normalized spacial score (nSPS) is 11.6. The third-order valence-electron chi connectivity index (χ3n) is 3.23. The number of aliphatic hydroxyl groups excluding tert-OH is 1. The van der Waals surface area contributed by atoms with E-state index in [-0.39, 0.29) is 18.0 Å². The predicted molar refractivity (Wildman–Crippen MR) is 77.9 cm³/mol. The van der Waals surface area contributed by atoms with Crippen LogP contribution in [-0.4, -0.2) is 24.6 Å². The maximum absolute atomic E-state index is 13.0. The molecule has 0 radical (unpaired) electrons. The minimum Gasteiger partial charge on any atom is -0.390 e. The number of hydrogen-bond acceptors (Lipinski definition) is 3. The summed E-state index contributed by atoms with van der Waals surface area (Å²) in [6.45, 7) is 1.68. The van der Waals surface area contributed by atoms with E-state index in [1.807, 2.05) is 0 Å². The zero-order valence-electron chi connectivity index (χ0n) is 11.8. The van der Waals surface area contributed by atoms with E-state index in [0.29, 0.717) is 11.4 Å². The van der Waals surface area contributed by atoms with Crippen LogP contribution in [0, 0.1) is 5.82 Å². The lowest BCUT2D eigenvalue weighted by Crippen LogP contribution is -2.30. The highest BCUT2D eigenvalue weighted by Gasteiger charge is 2.25. The van der Waals surface area contributed by atoms with Crippen molar-refractivity contribution in [1.82, 2.24) is 4.57 Å². The van der Waals surface area contributed by atoms with Crippen LogP contribution in [0.1, 0.15) is 12.6 Å². The summed E-state index contributed by atoms with van der Waals surface area (Å²) < 4.78 is 41.1. The van der Waals surface area contributed by atoms with E-state index in [0.717, 1.165) is 0 Å². The van der Waals surface area contributed by atoms with Crippen molar-refractivity contribution < 1.29 is 17.9 Å². The molecule has 114 valence electrons. The Morgan fingerprint density at radius 1 is 1.29 bits per heavy atom. The number of aromatic nitrogens is 1. The first kappa shape index (κ1) is 15.5. The predicted octanol–water partition coefficient (Wildman–Crippen LogP) is 1.87. The Labute approximate surface area is 123 Å². The zero-order chi connectivity index (χ0) is 15.6. The molecular formula is C14H17FN2O3S. The fraction of sp³-hybridized carbons (Fsp3) is 0.286. The van der Waals surface area contributed by atoms with Crippen molar-refractivity contribution in [2.75, 3.05) is 10.8 Å². The number of aryl methyl sites for hydroxylation is 1. The maximum atomic E-state index is 13.0. The molecule has 0 aliphatic rings. The van der Waals surface area contributed by atoms with E-state index in [4.69, 9.17) is 5.11 Å². The van der Waals surface area contributed by atoms with Gasteiger partial charge in [-0.2, -0.15) is 0 Å². The molecule has 0 atom stereocenters. The van der Waals surface area contributed by atoms with Crippen LogP contribution in [-0.2, 0) is 23.7 Å². The maximum Gasteiger partial charge on any atom is 0.265 e. The molecule has 1 aromatic carbocycles. The molecule has 2 aromatic rings. The summed E-state index contributed by atoms with van der Waals surface area (Å²) in [5.74, 6) is -0.422. The Bertz CT molecular complexity index is 723. The molecule has 0 amide bonds. The van der Waals surface area contributed by atoms with Crippen molar-refractivity contribution in [3.05, 3.63) is 48.0 Å². The molecule has 1 aromatic heterocycles. The minimum atomic E-state index is -3.75. The van der Waals surface area contributed by atoms with Crippen LogP contribution in [0.4, 0.5) is 10.1 Å². The van der Waals surface area contributed by atoms with Crippen molar-refractivity contribution in [3.63, 3.8) is 0 Å². The van der Waals surface area contributed by atoms with Gasteiger partial charge in [0.25, 0.3) is 10.0 Å². The summed E-state index contributed by atoms with van der Waals surface area (Å²) in [7, 11) is -2.08. The standard InChI is InChI=1S/C14H17FN2O3S/c1-3-17(12-6-4-11(15)5-7-12)21(19,20)14-8-13(10-18)16(2)9-14/h4-9,18H,3,10H2,1-2H3. The SMILES string of the molecule is CCN(c1ccc(F)cc1)S(=O)(=O)c1cc(CO)n(C)c1. The number of anilines is 1. The van der Waals surface area contributed by atoms with Gasteiger partial charge in [0.2, 0.25) is 0 Å². The van der Waals surface area contributed by atoms with Crippen molar-refractivity contribution in [3.8, 4) is 0 Å². The summed E-state index contributed by atoms with van der Waals surface area (Å²) >= 11 is 0. The summed E-state index contributed by atoms with van der Waals surface area (Å²) in [5, 5.41) is 9.17. The molecule has 0 aliphatic carbocycles. The smallest absolute Gasteiger partial charge is 0.265 e. The summed E-state index contributed by atoms with van der Waals surface area (Å²) in [4.78, 5) is 0.0974. The average Bonchev–Trinajstić information content (AvgIpc) is 2.83. The Morgan fingerprint density at radius 2 is 1.90 bits per heavy atom. The van der Waals surface area contributed by atoms with Crippen molar-refractivity contribution >= 4 is 15.7 Å². The first-order chi connectivity index (χ1) is 9.90. The number of aliphatic hydroxyl groups is 1. The molecule has 5 nitrogen and oxygen atoms in total. The Kier molecular flexibility index (Phi) is 4.34. The van der Waals surface area contributed by atoms with E-state index in [1.165, 1.54) is 40.8 Å².